The summed E-state index contributed by atoms with van der Waals surface area (Å²) in [5.74, 6) is 0.0745. The predicted molar refractivity (Wildman–Crippen MR) is 120 cm³/mol. The van der Waals surface area contributed by atoms with Crippen LogP contribution in [0.2, 0.25) is 0 Å². The molecule has 2 heterocycles. The van der Waals surface area contributed by atoms with Gasteiger partial charge in [-0.1, -0.05) is 41.6 Å². The van der Waals surface area contributed by atoms with Crippen molar-refractivity contribution in [1.29, 1.82) is 0 Å². The van der Waals surface area contributed by atoms with Gasteiger partial charge >= 0.3 is 0 Å². The first kappa shape index (κ1) is 20.7. The number of benzene rings is 2. The van der Waals surface area contributed by atoms with E-state index < -0.39 is 0 Å². The van der Waals surface area contributed by atoms with Crippen molar-refractivity contribution in [3.8, 4) is 17.2 Å². The Kier molecular flexibility index (Phi) is 6.08. The molecule has 0 aliphatic heterocycles. The van der Waals surface area contributed by atoms with Gasteiger partial charge in [-0.3, -0.25) is 14.3 Å². The maximum Gasteiger partial charge on any atom is 0.234 e. The first-order valence-corrected chi connectivity index (χ1v) is 10.6. The Hall–Kier alpha value is -3.52. The molecule has 8 heteroatoms. The van der Waals surface area contributed by atoms with Crippen LogP contribution in [0.5, 0.6) is 0 Å². The number of thioether (sulfide) groups is 1. The zero-order chi connectivity index (χ0) is 21.8. The summed E-state index contributed by atoms with van der Waals surface area (Å²) >= 11 is 1.25. The van der Waals surface area contributed by atoms with Crippen molar-refractivity contribution in [3.63, 3.8) is 0 Å². The van der Waals surface area contributed by atoms with E-state index in [1.807, 2.05) is 54.0 Å². The molecule has 4 rings (SSSR count). The van der Waals surface area contributed by atoms with Gasteiger partial charge in [0.15, 0.2) is 11.0 Å². The van der Waals surface area contributed by atoms with Gasteiger partial charge in [-0.2, -0.15) is 0 Å². The Bertz CT molecular complexity index is 1210. The number of anilines is 1. The van der Waals surface area contributed by atoms with Crippen molar-refractivity contribution in [2.45, 2.75) is 19.0 Å². The van der Waals surface area contributed by atoms with Gasteiger partial charge in [-0.15, -0.1) is 10.2 Å². The third kappa shape index (κ3) is 4.80. The molecule has 6 nitrogen and oxygen atoms in total. The lowest BCUT2D eigenvalue weighted by Gasteiger charge is -2.10. The summed E-state index contributed by atoms with van der Waals surface area (Å²) < 4.78 is 15.6. The van der Waals surface area contributed by atoms with E-state index in [1.165, 1.54) is 17.8 Å². The van der Waals surface area contributed by atoms with Crippen LogP contribution < -0.4 is 5.32 Å². The minimum Gasteiger partial charge on any atom is -0.325 e. The minimum atomic E-state index is -0.357. The number of carbonyl (C=O) groups is 1. The van der Waals surface area contributed by atoms with E-state index in [4.69, 9.17) is 0 Å². The summed E-state index contributed by atoms with van der Waals surface area (Å²) in [6.07, 6.45) is 1.70. The van der Waals surface area contributed by atoms with Crippen LogP contribution in [-0.2, 0) is 4.79 Å². The molecule has 4 aromatic rings. The molecule has 0 atom stereocenters. The van der Waals surface area contributed by atoms with Crippen molar-refractivity contribution in [1.82, 2.24) is 19.7 Å². The highest BCUT2D eigenvalue weighted by Gasteiger charge is 2.18. The zero-order valence-electron chi connectivity index (χ0n) is 17.0. The summed E-state index contributed by atoms with van der Waals surface area (Å²) in [5, 5.41) is 11.9. The standard InChI is InChI=1S/C23H20FN5OS/c1-15-6-10-18(11-7-15)29-22(20-5-3-4-12-25-20)27-28-23(29)31-14-21(30)26-17-9-8-16(2)19(24)13-17/h3-13H,14H2,1-2H3,(H,26,30). The fourth-order valence-electron chi connectivity index (χ4n) is 2.95. The zero-order valence-corrected chi connectivity index (χ0v) is 17.9. The third-order valence-corrected chi connectivity index (χ3v) is 5.54. The molecule has 1 amide bonds. The number of pyridine rings is 1. The lowest BCUT2D eigenvalue weighted by atomic mass is 10.2. The number of aryl methyl sites for hydroxylation is 2. The van der Waals surface area contributed by atoms with Gasteiger partial charge < -0.3 is 5.32 Å². The van der Waals surface area contributed by atoms with Crippen LogP contribution in [0, 0.1) is 19.7 Å². The van der Waals surface area contributed by atoms with E-state index in [0.29, 0.717) is 27.9 Å². The predicted octanol–water partition coefficient (Wildman–Crippen LogP) is 4.82. The highest BCUT2D eigenvalue weighted by Crippen LogP contribution is 2.27. The van der Waals surface area contributed by atoms with Gasteiger partial charge in [-0.25, -0.2) is 4.39 Å². The molecule has 0 aliphatic rings. The summed E-state index contributed by atoms with van der Waals surface area (Å²) in [6.45, 7) is 3.69. The van der Waals surface area contributed by atoms with E-state index in [0.717, 1.165) is 11.3 Å². The number of hydrogen-bond donors (Lipinski definition) is 1. The van der Waals surface area contributed by atoms with Crippen LogP contribution in [0.15, 0.2) is 72.0 Å². The van der Waals surface area contributed by atoms with Crippen molar-refractivity contribution in [2.75, 3.05) is 11.1 Å². The molecule has 0 aliphatic carbocycles. The minimum absolute atomic E-state index is 0.0989. The van der Waals surface area contributed by atoms with Crippen LogP contribution in [0.1, 0.15) is 11.1 Å². The van der Waals surface area contributed by atoms with Gasteiger partial charge in [0, 0.05) is 17.6 Å². The molecule has 1 N–H and O–H groups in total. The Morgan fingerprint density at radius 3 is 2.58 bits per heavy atom. The molecule has 0 unspecified atom stereocenters. The molecule has 31 heavy (non-hydrogen) atoms. The average molecular weight is 434 g/mol. The van der Waals surface area contributed by atoms with Gasteiger partial charge in [-0.05, 0) is 55.8 Å². The number of hydrogen-bond acceptors (Lipinski definition) is 5. The molecular formula is C23H20FN5OS. The second kappa shape index (κ2) is 9.09. The second-order valence-corrected chi connectivity index (χ2v) is 7.94. The fourth-order valence-corrected chi connectivity index (χ4v) is 3.70. The van der Waals surface area contributed by atoms with E-state index in [-0.39, 0.29) is 17.5 Å². The van der Waals surface area contributed by atoms with Gasteiger partial charge in [0.2, 0.25) is 5.91 Å². The first-order valence-electron chi connectivity index (χ1n) is 9.64. The van der Waals surface area contributed by atoms with Crippen molar-refractivity contribution < 1.29 is 9.18 Å². The highest BCUT2D eigenvalue weighted by molar-refractivity contribution is 7.99. The monoisotopic (exact) mass is 433 g/mol. The summed E-state index contributed by atoms with van der Waals surface area (Å²) in [4.78, 5) is 16.8. The number of aromatic nitrogens is 4. The van der Waals surface area contributed by atoms with Crippen LogP contribution in [0.3, 0.4) is 0 Å². The molecule has 156 valence electrons. The summed E-state index contributed by atoms with van der Waals surface area (Å²) in [5.41, 5.74) is 3.64. The lowest BCUT2D eigenvalue weighted by molar-refractivity contribution is -0.113. The number of nitrogens with one attached hydrogen (secondary N) is 1. The quantitative estimate of drug-likeness (QED) is 0.442. The Balaban J connectivity index is 1.57. The first-order chi connectivity index (χ1) is 15.0. The van der Waals surface area contributed by atoms with Crippen LogP contribution in [-0.4, -0.2) is 31.4 Å². The Morgan fingerprint density at radius 1 is 1.06 bits per heavy atom. The molecule has 0 radical (unpaired) electrons. The smallest absolute Gasteiger partial charge is 0.234 e. The molecule has 0 saturated carbocycles. The maximum absolute atomic E-state index is 13.7. The molecular weight excluding hydrogens is 413 g/mol. The normalized spacial score (nSPS) is 10.8. The van der Waals surface area contributed by atoms with E-state index in [2.05, 4.69) is 20.5 Å². The molecule has 0 spiro atoms. The van der Waals surface area contributed by atoms with E-state index >= 15 is 0 Å². The Morgan fingerprint density at radius 2 is 1.87 bits per heavy atom. The summed E-state index contributed by atoms with van der Waals surface area (Å²) in [7, 11) is 0. The van der Waals surface area contributed by atoms with Crippen molar-refractivity contribution >= 4 is 23.4 Å². The van der Waals surface area contributed by atoms with Gasteiger partial charge in [0.1, 0.15) is 11.5 Å². The van der Waals surface area contributed by atoms with Crippen molar-refractivity contribution in [3.05, 3.63) is 83.8 Å². The molecule has 0 bridgehead atoms. The van der Waals surface area contributed by atoms with Crippen LogP contribution in [0.4, 0.5) is 10.1 Å². The van der Waals surface area contributed by atoms with Crippen molar-refractivity contribution in [2.24, 2.45) is 0 Å². The van der Waals surface area contributed by atoms with E-state index in [9.17, 15) is 9.18 Å². The molecule has 0 saturated heterocycles. The lowest BCUT2D eigenvalue weighted by Crippen LogP contribution is -2.14. The molecule has 2 aromatic carbocycles. The number of amides is 1. The highest BCUT2D eigenvalue weighted by atomic mass is 32.2. The van der Waals surface area contributed by atoms with E-state index in [1.54, 1.807) is 25.3 Å². The van der Waals surface area contributed by atoms with Crippen LogP contribution in [0.25, 0.3) is 17.2 Å². The number of halogens is 1. The maximum atomic E-state index is 13.7. The SMILES string of the molecule is Cc1ccc(-n2c(SCC(=O)Nc3ccc(C)c(F)c3)nnc2-c2ccccn2)cc1. The third-order valence-electron chi connectivity index (χ3n) is 4.61. The Labute approximate surface area is 183 Å². The average Bonchev–Trinajstić information content (AvgIpc) is 3.20. The number of carbonyl (C=O) groups excluding carboxylic acids is 1. The number of nitrogens with zero attached hydrogens (tertiary/aromatic N) is 4. The van der Waals surface area contributed by atoms with Gasteiger partial charge in [0.05, 0.1) is 5.75 Å². The van der Waals surface area contributed by atoms with Gasteiger partial charge in [0.25, 0.3) is 0 Å². The fraction of sp³-hybridized carbons (Fsp3) is 0.130. The second-order valence-electron chi connectivity index (χ2n) is 6.99. The molecule has 2 aromatic heterocycles. The topological polar surface area (TPSA) is 72.7 Å². The molecule has 0 fully saturated rings. The largest absolute Gasteiger partial charge is 0.325 e. The summed E-state index contributed by atoms with van der Waals surface area (Å²) in [6, 6.07) is 18.2. The number of rotatable bonds is 6. The van der Waals surface area contributed by atoms with Crippen LogP contribution >= 0.6 is 11.8 Å².